The molecule has 1 amide bonds. The first-order valence-corrected chi connectivity index (χ1v) is 11.3. The number of ether oxygens (including phenoxy) is 3. The Labute approximate surface area is 201 Å². The van der Waals surface area contributed by atoms with Crippen molar-refractivity contribution in [3.05, 3.63) is 69.9 Å². The minimum absolute atomic E-state index is 0.106. The molecule has 9 heteroatoms. The molecule has 0 atom stereocenters. The molecule has 4 rings (SSSR count). The molecular weight excluding hydrogens is 454 g/mol. The molecule has 174 valence electrons. The van der Waals surface area contributed by atoms with Crippen molar-refractivity contribution in [2.75, 3.05) is 19.1 Å². The van der Waals surface area contributed by atoms with Gasteiger partial charge in [0.2, 0.25) is 11.8 Å². The third-order valence-corrected chi connectivity index (χ3v) is 6.11. The molecule has 0 bridgehead atoms. The van der Waals surface area contributed by atoms with Gasteiger partial charge < -0.3 is 14.2 Å². The SMILES string of the molecule is COc1cc(OC)cc(C2=N/C(=C/c3csc(N(C(C)=O)c4ccc(C)c(C)c4)n3)C(=O)O2)c1. The van der Waals surface area contributed by atoms with Crippen LogP contribution in [-0.4, -0.2) is 37.0 Å². The van der Waals surface area contributed by atoms with Crippen molar-refractivity contribution in [2.45, 2.75) is 20.8 Å². The molecule has 0 aliphatic carbocycles. The highest BCUT2D eigenvalue weighted by atomic mass is 32.1. The highest BCUT2D eigenvalue weighted by molar-refractivity contribution is 7.14. The van der Waals surface area contributed by atoms with E-state index in [-0.39, 0.29) is 17.5 Å². The van der Waals surface area contributed by atoms with Gasteiger partial charge in [0.05, 0.1) is 25.6 Å². The third-order valence-electron chi connectivity index (χ3n) is 5.27. The van der Waals surface area contributed by atoms with E-state index in [1.54, 1.807) is 28.5 Å². The Kier molecular flexibility index (Phi) is 6.47. The van der Waals surface area contributed by atoms with Crippen LogP contribution in [0.15, 0.2) is 52.5 Å². The van der Waals surface area contributed by atoms with E-state index in [1.807, 2.05) is 32.0 Å². The number of carbonyl (C=O) groups is 2. The fourth-order valence-corrected chi connectivity index (χ4v) is 4.18. The predicted octanol–water partition coefficient (Wildman–Crippen LogP) is 4.81. The van der Waals surface area contributed by atoms with E-state index in [0.717, 1.165) is 16.8 Å². The lowest BCUT2D eigenvalue weighted by atomic mass is 10.1. The van der Waals surface area contributed by atoms with Crippen molar-refractivity contribution in [1.29, 1.82) is 0 Å². The van der Waals surface area contributed by atoms with Crippen molar-refractivity contribution >= 4 is 46.0 Å². The van der Waals surface area contributed by atoms with Crippen LogP contribution >= 0.6 is 11.3 Å². The standard InChI is InChI=1S/C25H23N3O5S/c1-14-6-7-19(8-15(14)2)28(16(3)29)25-26-18(13-34-25)11-22-24(30)33-23(27-22)17-9-20(31-4)12-21(10-17)32-5/h6-13H,1-5H3/b22-11+. The van der Waals surface area contributed by atoms with Gasteiger partial charge in [-0.15, -0.1) is 11.3 Å². The van der Waals surface area contributed by atoms with Gasteiger partial charge >= 0.3 is 5.97 Å². The van der Waals surface area contributed by atoms with Crippen LogP contribution in [-0.2, 0) is 14.3 Å². The van der Waals surface area contributed by atoms with Gasteiger partial charge in [0.25, 0.3) is 0 Å². The Balaban J connectivity index is 1.65. The lowest BCUT2D eigenvalue weighted by Gasteiger charge is -2.19. The Hall–Kier alpha value is -3.98. The van der Waals surface area contributed by atoms with Crippen LogP contribution in [0.1, 0.15) is 29.3 Å². The van der Waals surface area contributed by atoms with Crippen LogP contribution in [0.3, 0.4) is 0 Å². The van der Waals surface area contributed by atoms with Gasteiger partial charge in [-0.3, -0.25) is 9.69 Å². The molecule has 1 aliphatic heterocycles. The second kappa shape index (κ2) is 9.48. The highest BCUT2D eigenvalue weighted by Crippen LogP contribution is 2.32. The van der Waals surface area contributed by atoms with Crippen molar-refractivity contribution < 1.29 is 23.8 Å². The van der Waals surface area contributed by atoms with E-state index >= 15 is 0 Å². The van der Waals surface area contributed by atoms with E-state index in [2.05, 4.69) is 9.98 Å². The molecule has 0 radical (unpaired) electrons. The van der Waals surface area contributed by atoms with Crippen LogP contribution in [0.5, 0.6) is 11.5 Å². The summed E-state index contributed by atoms with van der Waals surface area (Å²) >= 11 is 1.30. The van der Waals surface area contributed by atoms with E-state index in [0.29, 0.717) is 27.9 Å². The molecule has 1 aromatic heterocycles. The zero-order valence-corrected chi connectivity index (χ0v) is 20.2. The quantitative estimate of drug-likeness (QED) is 0.374. The lowest BCUT2D eigenvalue weighted by Crippen LogP contribution is -2.22. The molecule has 0 saturated carbocycles. The molecule has 2 heterocycles. The molecule has 0 spiro atoms. The zero-order chi connectivity index (χ0) is 24.4. The number of benzene rings is 2. The van der Waals surface area contributed by atoms with Crippen LogP contribution in [0.4, 0.5) is 10.8 Å². The summed E-state index contributed by atoms with van der Waals surface area (Å²) in [6, 6.07) is 10.9. The first-order chi connectivity index (χ1) is 16.3. The normalized spacial score (nSPS) is 14.1. The predicted molar refractivity (Wildman–Crippen MR) is 131 cm³/mol. The second-order valence-corrected chi connectivity index (χ2v) is 8.45. The number of aromatic nitrogens is 1. The number of anilines is 2. The van der Waals surface area contributed by atoms with Crippen molar-refractivity contribution in [3.8, 4) is 11.5 Å². The zero-order valence-electron chi connectivity index (χ0n) is 19.4. The largest absolute Gasteiger partial charge is 0.497 e. The lowest BCUT2D eigenvalue weighted by molar-refractivity contribution is -0.130. The van der Waals surface area contributed by atoms with Crippen LogP contribution < -0.4 is 14.4 Å². The first-order valence-electron chi connectivity index (χ1n) is 10.4. The van der Waals surface area contributed by atoms with Crippen LogP contribution in [0, 0.1) is 13.8 Å². The summed E-state index contributed by atoms with van der Waals surface area (Å²) < 4.78 is 15.9. The van der Waals surface area contributed by atoms with Crippen LogP contribution in [0.2, 0.25) is 0 Å². The number of aliphatic imine (C=N–C) groups is 1. The van der Waals surface area contributed by atoms with E-state index in [4.69, 9.17) is 14.2 Å². The van der Waals surface area contributed by atoms with Crippen molar-refractivity contribution in [2.24, 2.45) is 4.99 Å². The smallest absolute Gasteiger partial charge is 0.363 e. The number of amides is 1. The van der Waals surface area contributed by atoms with E-state index in [1.165, 1.54) is 38.6 Å². The average molecular weight is 478 g/mol. The summed E-state index contributed by atoms with van der Waals surface area (Å²) in [5.74, 6) is 0.480. The van der Waals surface area contributed by atoms with Crippen molar-refractivity contribution in [1.82, 2.24) is 4.98 Å². The third kappa shape index (κ3) is 4.69. The number of nitrogens with zero attached hydrogens (tertiary/aromatic N) is 3. The summed E-state index contributed by atoms with van der Waals surface area (Å²) in [6.45, 7) is 5.50. The summed E-state index contributed by atoms with van der Waals surface area (Å²) in [4.78, 5) is 35.3. The van der Waals surface area contributed by atoms with Gasteiger partial charge in [0, 0.05) is 23.9 Å². The Morgan fingerprint density at radius 1 is 1.06 bits per heavy atom. The maximum absolute atomic E-state index is 12.5. The van der Waals surface area contributed by atoms with Gasteiger partial charge in [-0.2, -0.15) is 0 Å². The number of cyclic esters (lactones) is 1. The van der Waals surface area contributed by atoms with Gasteiger partial charge in [-0.1, -0.05) is 6.07 Å². The molecule has 8 nitrogen and oxygen atoms in total. The molecule has 1 aliphatic rings. The molecule has 34 heavy (non-hydrogen) atoms. The minimum atomic E-state index is -0.594. The molecule has 0 unspecified atom stereocenters. The van der Waals surface area contributed by atoms with Crippen LogP contribution in [0.25, 0.3) is 6.08 Å². The van der Waals surface area contributed by atoms with E-state index in [9.17, 15) is 9.59 Å². The first kappa shape index (κ1) is 23.2. The maximum Gasteiger partial charge on any atom is 0.363 e. The Bertz CT molecular complexity index is 1320. The number of rotatable bonds is 6. The second-order valence-electron chi connectivity index (χ2n) is 7.62. The maximum atomic E-state index is 12.5. The number of aryl methyl sites for hydroxylation is 2. The molecule has 0 N–H and O–H groups in total. The molecular formula is C25H23N3O5S. The van der Waals surface area contributed by atoms with Gasteiger partial charge in [0.1, 0.15) is 11.5 Å². The van der Waals surface area contributed by atoms with Crippen molar-refractivity contribution in [3.63, 3.8) is 0 Å². The number of carbonyl (C=O) groups excluding carboxylic acids is 2. The summed E-state index contributed by atoms with van der Waals surface area (Å²) in [6.07, 6.45) is 1.53. The number of thiazole rings is 1. The molecule has 0 saturated heterocycles. The highest BCUT2D eigenvalue weighted by Gasteiger charge is 2.26. The number of hydrogen-bond donors (Lipinski definition) is 0. The minimum Gasteiger partial charge on any atom is -0.497 e. The number of methoxy groups -OCH3 is 2. The Morgan fingerprint density at radius 2 is 1.76 bits per heavy atom. The molecule has 2 aromatic carbocycles. The number of esters is 1. The number of hydrogen-bond acceptors (Lipinski definition) is 8. The molecule has 0 fully saturated rings. The average Bonchev–Trinajstić information content (AvgIpc) is 3.42. The van der Waals surface area contributed by atoms with Gasteiger partial charge in [-0.05, 0) is 55.3 Å². The van der Waals surface area contributed by atoms with Gasteiger partial charge in [-0.25, -0.2) is 14.8 Å². The fraction of sp³-hybridized carbons (Fsp3) is 0.200. The monoisotopic (exact) mass is 477 g/mol. The summed E-state index contributed by atoms with van der Waals surface area (Å²) in [7, 11) is 3.07. The van der Waals surface area contributed by atoms with E-state index < -0.39 is 5.97 Å². The topological polar surface area (TPSA) is 90.3 Å². The summed E-state index contributed by atoms with van der Waals surface area (Å²) in [5, 5.41) is 2.25. The fourth-order valence-electron chi connectivity index (χ4n) is 3.34. The summed E-state index contributed by atoms with van der Waals surface area (Å²) in [5.41, 5.74) is 4.09. The molecule has 3 aromatic rings. The Morgan fingerprint density at radius 3 is 2.38 bits per heavy atom. The van der Waals surface area contributed by atoms with Gasteiger partial charge in [0.15, 0.2) is 10.8 Å².